The summed E-state index contributed by atoms with van der Waals surface area (Å²) in [7, 11) is 1.66. The summed E-state index contributed by atoms with van der Waals surface area (Å²) >= 11 is 0. The highest BCUT2D eigenvalue weighted by atomic mass is 16.5. The molecule has 0 bridgehead atoms. The lowest BCUT2D eigenvalue weighted by Crippen LogP contribution is -2.28. The minimum absolute atomic E-state index is 0.0284. The zero-order valence-corrected chi connectivity index (χ0v) is 9.75. The van der Waals surface area contributed by atoms with Gasteiger partial charge in [0.1, 0.15) is 5.75 Å². The summed E-state index contributed by atoms with van der Waals surface area (Å²) in [6.07, 6.45) is 3.24. The maximum absolute atomic E-state index is 11.1. The fraction of sp³-hybridized carbons (Fsp3) is 0.462. The molecule has 1 aromatic rings. The molecule has 86 valence electrons. The van der Waals surface area contributed by atoms with Gasteiger partial charge >= 0.3 is 0 Å². The van der Waals surface area contributed by atoms with Gasteiger partial charge in [-0.15, -0.1) is 0 Å². The Hall–Kier alpha value is -1.51. The first-order valence-electron chi connectivity index (χ1n) is 5.64. The lowest BCUT2D eigenvalue weighted by Gasteiger charge is -2.26. The highest BCUT2D eigenvalue weighted by Crippen LogP contribution is 2.32. The third-order valence-corrected chi connectivity index (χ3v) is 3.04. The van der Waals surface area contributed by atoms with Crippen molar-refractivity contribution >= 4 is 5.91 Å². The number of carbonyl (C=O) groups excluding carboxylic acids is 1. The van der Waals surface area contributed by atoms with E-state index in [9.17, 15) is 4.79 Å². The van der Waals surface area contributed by atoms with Crippen LogP contribution in [-0.4, -0.2) is 13.0 Å². The van der Waals surface area contributed by atoms with Gasteiger partial charge in [0.15, 0.2) is 0 Å². The van der Waals surface area contributed by atoms with E-state index in [1.807, 2.05) is 12.1 Å². The van der Waals surface area contributed by atoms with Crippen LogP contribution in [0.4, 0.5) is 0 Å². The first kappa shape index (κ1) is 11.0. The molecule has 1 atom stereocenters. The van der Waals surface area contributed by atoms with Crippen molar-refractivity contribution in [2.24, 2.45) is 0 Å². The molecular weight excluding hydrogens is 202 g/mol. The van der Waals surface area contributed by atoms with Crippen molar-refractivity contribution in [1.82, 2.24) is 5.32 Å². The second-order valence-corrected chi connectivity index (χ2v) is 4.21. The van der Waals surface area contributed by atoms with E-state index in [0.717, 1.165) is 25.0 Å². The number of methoxy groups -OCH3 is 1. The van der Waals surface area contributed by atoms with Crippen molar-refractivity contribution in [3.8, 4) is 5.75 Å². The Morgan fingerprint density at radius 3 is 3.00 bits per heavy atom. The molecule has 1 amide bonds. The van der Waals surface area contributed by atoms with Gasteiger partial charge in [0.25, 0.3) is 0 Å². The van der Waals surface area contributed by atoms with Gasteiger partial charge in [-0.05, 0) is 42.5 Å². The molecule has 0 saturated carbocycles. The van der Waals surface area contributed by atoms with Crippen LogP contribution in [0.1, 0.15) is 36.9 Å². The molecule has 1 aliphatic carbocycles. The molecule has 0 unspecified atom stereocenters. The van der Waals surface area contributed by atoms with Crippen LogP contribution < -0.4 is 10.1 Å². The fourth-order valence-electron chi connectivity index (χ4n) is 2.30. The predicted molar refractivity (Wildman–Crippen MR) is 62.5 cm³/mol. The molecule has 2 rings (SSSR count). The zero-order valence-electron chi connectivity index (χ0n) is 9.75. The van der Waals surface area contributed by atoms with E-state index in [1.54, 1.807) is 14.0 Å². The molecule has 0 saturated heterocycles. The van der Waals surface area contributed by atoms with Crippen LogP contribution in [-0.2, 0) is 11.2 Å². The molecule has 1 N–H and O–H groups in total. The van der Waals surface area contributed by atoms with Crippen LogP contribution in [0.5, 0.6) is 5.75 Å². The Kier molecular flexibility index (Phi) is 3.13. The van der Waals surface area contributed by atoms with Crippen LogP contribution in [0.2, 0.25) is 0 Å². The number of nitrogens with one attached hydrogen (secondary N) is 1. The van der Waals surface area contributed by atoms with Gasteiger partial charge in [0.05, 0.1) is 13.2 Å². The van der Waals surface area contributed by atoms with Crippen LogP contribution in [0.25, 0.3) is 0 Å². The standard InChI is InChI=1S/C13H17NO2/c1-9(15)14-13-5-3-4-10-6-7-11(16-2)8-12(10)13/h6-8,13H,3-5H2,1-2H3,(H,14,15)/t13-/m1/s1. The topological polar surface area (TPSA) is 38.3 Å². The van der Waals surface area contributed by atoms with Crippen molar-refractivity contribution in [2.45, 2.75) is 32.2 Å². The highest BCUT2D eigenvalue weighted by Gasteiger charge is 2.21. The van der Waals surface area contributed by atoms with E-state index in [0.29, 0.717) is 0 Å². The van der Waals surface area contributed by atoms with Crippen LogP contribution in [0, 0.1) is 0 Å². The summed E-state index contributed by atoms with van der Waals surface area (Å²) in [5.41, 5.74) is 2.53. The molecule has 0 aliphatic heterocycles. The summed E-state index contributed by atoms with van der Waals surface area (Å²) in [6, 6.07) is 6.27. The van der Waals surface area contributed by atoms with E-state index in [2.05, 4.69) is 11.4 Å². The summed E-state index contributed by atoms with van der Waals surface area (Å²) < 4.78 is 5.22. The molecule has 0 spiro atoms. The van der Waals surface area contributed by atoms with E-state index in [-0.39, 0.29) is 11.9 Å². The average Bonchev–Trinajstić information content (AvgIpc) is 2.28. The molecule has 0 aromatic heterocycles. The third kappa shape index (κ3) is 2.18. The minimum Gasteiger partial charge on any atom is -0.497 e. The minimum atomic E-state index is 0.0284. The molecule has 1 aromatic carbocycles. The maximum Gasteiger partial charge on any atom is 0.217 e. The van der Waals surface area contributed by atoms with Gasteiger partial charge in [-0.3, -0.25) is 4.79 Å². The van der Waals surface area contributed by atoms with E-state index < -0.39 is 0 Å². The van der Waals surface area contributed by atoms with E-state index in [1.165, 1.54) is 11.1 Å². The Balaban J connectivity index is 2.31. The molecule has 3 heteroatoms. The Morgan fingerprint density at radius 2 is 2.31 bits per heavy atom. The number of aryl methyl sites for hydroxylation is 1. The number of carbonyl (C=O) groups is 1. The fourth-order valence-corrected chi connectivity index (χ4v) is 2.30. The van der Waals surface area contributed by atoms with E-state index >= 15 is 0 Å². The summed E-state index contributed by atoms with van der Waals surface area (Å²) in [5, 5.41) is 2.99. The zero-order chi connectivity index (χ0) is 11.5. The molecule has 0 heterocycles. The largest absolute Gasteiger partial charge is 0.497 e. The van der Waals surface area contributed by atoms with Crippen molar-refractivity contribution < 1.29 is 9.53 Å². The number of ether oxygens (including phenoxy) is 1. The molecule has 0 radical (unpaired) electrons. The maximum atomic E-state index is 11.1. The number of benzene rings is 1. The SMILES string of the molecule is COc1ccc2c(c1)[C@H](NC(C)=O)CCC2. The average molecular weight is 219 g/mol. The second kappa shape index (κ2) is 4.56. The van der Waals surface area contributed by atoms with Gasteiger partial charge in [-0.25, -0.2) is 0 Å². The van der Waals surface area contributed by atoms with Crippen molar-refractivity contribution in [3.05, 3.63) is 29.3 Å². The van der Waals surface area contributed by atoms with Gasteiger partial charge in [-0.1, -0.05) is 6.07 Å². The van der Waals surface area contributed by atoms with Crippen molar-refractivity contribution in [1.29, 1.82) is 0 Å². The number of fused-ring (bicyclic) bond motifs is 1. The van der Waals surface area contributed by atoms with Gasteiger partial charge in [0.2, 0.25) is 5.91 Å². The smallest absolute Gasteiger partial charge is 0.217 e. The van der Waals surface area contributed by atoms with Crippen molar-refractivity contribution in [2.75, 3.05) is 7.11 Å². The van der Waals surface area contributed by atoms with Crippen LogP contribution >= 0.6 is 0 Å². The second-order valence-electron chi connectivity index (χ2n) is 4.21. The molecule has 3 nitrogen and oxygen atoms in total. The van der Waals surface area contributed by atoms with Gasteiger partial charge < -0.3 is 10.1 Å². The first-order chi connectivity index (χ1) is 7.70. The van der Waals surface area contributed by atoms with Crippen LogP contribution in [0.3, 0.4) is 0 Å². The lowest BCUT2D eigenvalue weighted by molar-refractivity contribution is -0.119. The molecular formula is C13H17NO2. The number of hydrogen-bond donors (Lipinski definition) is 1. The first-order valence-corrected chi connectivity index (χ1v) is 5.64. The Bertz CT molecular complexity index is 401. The molecule has 16 heavy (non-hydrogen) atoms. The van der Waals surface area contributed by atoms with Gasteiger partial charge in [0, 0.05) is 6.92 Å². The lowest BCUT2D eigenvalue weighted by atomic mass is 9.87. The summed E-state index contributed by atoms with van der Waals surface area (Å²) in [4.78, 5) is 11.1. The summed E-state index contributed by atoms with van der Waals surface area (Å²) in [6.45, 7) is 1.56. The Morgan fingerprint density at radius 1 is 1.50 bits per heavy atom. The van der Waals surface area contributed by atoms with E-state index in [4.69, 9.17) is 4.74 Å². The Labute approximate surface area is 95.8 Å². The normalized spacial score (nSPS) is 18.8. The quantitative estimate of drug-likeness (QED) is 0.828. The number of rotatable bonds is 2. The summed E-state index contributed by atoms with van der Waals surface area (Å²) in [5.74, 6) is 0.886. The predicted octanol–water partition coefficient (Wildman–Crippen LogP) is 2.21. The monoisotopic (exact) mass is 219 g/mol. The number of amides is 1. The highest BCUT2D eigenvalue weighted by molar-refractivity contribution is 5.73. The number of hydrogen-bond acceptors (Lipinski definition) is 2. The third-order valence-electron chi connectivity index (χ3n) is 3.04. The van der Waals surface area contributed by atoms with Gasteiger partial charge in [-0.2, -0.15) is 0 Å². The molecule has 1 aliphatic rings. The van der Waals surface area contributed by atoms with Crippen LogP contribution in [0.15, 0.2) is 18.2 Å². The van der Waals surface area contributed by atoms with Crippen molar-refractivity contribution in [3.63, 3.8) is 0 Å². The molecule has 0 fully saturated rings.